The van der Waals surface area contributed by atoms with E-state index >= 15 is 0 Å². The standard InChI is InChI=1S/C10H19NO3/c1-8-9(4-6-14-8)7-11-10(13)3-2-5-12/h8-9,12H,2-7H2,1H3,(H,11,13). The quantitative estimate of drug-likeness (QED) is 0.672. The van der Waals surface area contributed by atoms with Gasteiger partial charge in [-0.25, -0.2) is 0 Å². The lowest BCUT2D eigenvalue weighted by molar-refractivity contribution is -0.121. The van der Waals surface area contributed by atoms with Gasteiger partial charge >= 0.3 is 0 Å². The van der Waals surface area contributed by atoms with Gasteiger partial charge in [-0.05, 0) is 19.8 Å². The van der Waals surface area contributed by atoms with Crippen LogP contribution in [0, 0.1) is 5.92 Å². The zero-order valence-electron chi connectivity index (χ0n) is 8.66. The van der Waals surface area contributed by atoms with Crippen LogP contribution in [0.4, 0.5) is 0 Å². The van der Waals surface area contributed by atoms with Crippen molar-refractivity contribution in [3.8, 4) is 0 Å². The topological polar surface area (TPSA) is 58.6 Å². The number of aliphatic hydroxyl groups excluding tert-OH is 1. The monoisotopic (exact) mass is 201 g/mol. The maximum atomic E-state index is 11.2. The Balaban J connectivity index is 2.10. The first-order valence-corrected chi connectivity index (χ1v) is 5.23. The van der Waals surface area contributed by atoms with Crippen molar-refractivity contribution in [1.29, 1.82) is 0 Å². The Morgan fingerprint density at radius 3 is 3.00 bits per heavy atom. The summed E-state index contributed by atoms with van der Waals surface area (Å²) < 4.78 is 5.39. The number of carbonyl (C=O) groups excluding carboxylic acids is 1. The molecule has 0 aromatic carbocycles. The Kier molecular flexibility index (Phi) is 4.90. The lowest BCUT2D eigenvalue weighted by atomic mass is 10.0. The van der Waals surface area contributed by atoms with Crippen molar-refractivity contribution in [3.05, 3.63) is 0 Å². The summed E-state index contributed by atoms with van der Waals surface area (Å²) in [5, 5.41) is 11.4. The number of hydrogen-bond donors (Lipinski definition) is 2. The summed E-state index contributed by atoms with van der Waals surface area (Å²) in [6.45, 7) is 3.62. The lowest BCUT2D eigenvalue weighted by Gasteiger charge is -2.14. The molecular weight excluding hydrogens is 182 g/mol. The molecular formula is C10H19NO3. The van der Waals surface area contributed by atoms with E-state index in [-0.39, 0.29) is 18.6 Å². The average Bonchev–Trinajstić information content (AvgIpc) is 2.58. The lowest BCUT2D eigenvalue weighted by Crippen LogP contribution is -2.31. The van der Waals surface area contributed by atoms with Crippen LogP contribution in [-0.4, -0.2) is 36.9 Å². The molecule has 0 bridgehead atoms. The van der Waals surface area contributed by atoms with Crippen LogP contribution in [0.15, 0.2) is 0 Å². The largest absolute Gasteiger partial charge is 0.396 e. The Labute approximate surface area is 84.6 Å². The molecule has 1 aliphatic heterocycles. The highest BCUT2D eigenvalue weighted by molar-refractivity contribution is 5.75. The number of nitrogens with one attached hydrogen (secondary N) is 1. The van der Waals surface area contributed by atoms with Crippen LogP contribution < -0.4 is 5.32 Å². The summed E-state index contributed by atoms with van der Waals surface area (Å²) in [6, 6.07) is 0. The van der Waals surface area contributed by atoms with E-state index in [2.05, 4.69) is 5.32 Å². The predicted molar refractivity (Wildman–Crippen MR) is 52.9 cm³/mol. The molecule has 4 heteroatoms. The number of ether oxygens (including phenoxy) is 1. The van der Waals surface area contributed by atoms with Gasteiger partial charge in [0, 0.05) is 32.1 Å². The fourth-order valence-corrected chi connectivity index (χ4v) is 1.62. The molecule has 2 N–H and O–H groups in total. The Bertz CT molecular complexity index is 184. The van der Waals surface area contributed by atoms with Crippen molar-refractivity contribution in [2.24, 2.45) is 5.92 Å². The molecule has 1 saturated heterocycles. The van der Waals surface area contributed by atoms with Gasteiger partial charge in [0.05, 0.1) is 6.10 Å². The van der Waals surface area contributed by atoms with Crippen LogP contribution in [-0.2, 0) is 9.53 Å². The maximum Gasteiger partial charge on any atom is 0.220 e. The van der Waals surface area contributed by atoms with Gasteiger partial charge in [0.25, 0.3) is 0 Å². The first-order valence-electron chi connectivity index (χ1n) is 5.23. The van der Waals surface area contributed by atoms with Crippen molar-refractivity contribution in [3.63, 3.8) is 0 Å². The van der Waals surface area contributed by atoms with Crippen molar-refractivity contribution in [2.75, 3.05) is 19.8 Å². The molecule has 1 fully saturated rings. The highest BCUT2D eigenvalue weighted by Crippen LogP contribution is 2.19. The Morgan fingerprint density at radius 2 is 2.43 bits per heavy atom. The molecule has 82 valence electrons. The van der Waals surface area contributed by atoms with Crippen LogP contribution in [0.2, 0.25) is 0 Å². The number of carbonyl (C=O) groups is 1. The number of amides is 1. The van der Waals surface area contributed by atoms with Crippen molar-refractivity contribution >= 4 is 5.91 Å². The third-order valence-corrected chi connectivity index (χ3v) is 2.66. The normalized spacial score (nSPS) is 26.4. The van der Waals surface area contributed by atoms with Crippen molar-refractivity contribution < 1.29 is 14.6 Å². The van der Waals surface area contributed by atoms with E-state index in [4.69, 9.17) is 9.84 Å². The molecule has 0 radical (unpaired) electrons. The third-order valence-electron chi connectivity index (χ3n) is 2.66. The van der Waals surface area contributed by atoms with E-state index in [1.54, 1.807) is 0 Å². The van der Waals surface area contributed by atoms with Gasteiger partial charge < -0.3 is 15.2 Å². The predicted octanol–water partition coefficient (Wildman–Crippen LogP) is 0.300. The van der Waals surface area contributed by atoms with Crippen LogP contribution in [0.1, 0.15) is 26.2 Å². The number of rotatable bonds is 5. The zero-order chi connectivity index (χ0) is 10.4. The highest BCUT2D eigenvalue weighted by atomic mass is 16.5. The fraction of sp³-hybridized carbons (Fsp3) is 0.900. The molecule has 4 nitrogen and oxygen atoms in total. The second-order valence-electron chi connectivity index (χ2n) is 3.76. The second-order valence-corrected chi connectivity index (χ2v) is 3.76. The Hall–Kier alpha value is -0.610. The molecule has 1 heterocycles. The third kappa shape index (κ3) is 3.64. The second kappa shape index (κ2) is 5.98. The number of aliphatic hydroxyl groups is 1. The maximum absolute atomic E-state index is 11.2. The van der Waals surface area contributed by atoms with Crippen LogP contribution >= 0.6 is 0 Å². The minimum absolute atomic E-state index is 0.0261. The molecule has 0 aromatic rings. The van der Waals surface area contributed by atoms with E-state index < -0.39 is 0 Å². The highest BCUT2D eigenvalue weighted by Gasteiger charge is 2.24. The molecule has 14 heavy (non-hydrogen) atoms. The van der Waals surface area contributed by atoms with Gasteiger partial charge in [0.2, 0.25) is 5.91 Å². The number of hydrogen-bond acceptors (Lipinski definition) is 3. The molecule has 0 aromatic heterocycles. The van der Waals surface area contributed by atoms with E-state index in [0.717, 1.165) is 13.0 Å². The summed E-state index contributed by atoms with van der Waals surface area (Å²) in [7, 11) is 0. The van der Waals surface area contributed by atoms with Crippen LogP contribution in [0.5, 0.6) is 0 Å². The summed E-state index contributed by atoms with van der Waals surface area (Å²) >= 11 is 0. The van der Waals surface area contributed by atoms with Crippen LogP contribution in [0.3, 0.4) is 0 Å². The van der Waals surface area contributed by atoms with Gasteiger partial charge in [0.1, 0.15) is 0 Å². The van der Waals surface area contributed by atoms with Crippen molar-refractivity contribution in [2.45, 2.75) is 32.3 Å². The van der Waals surface area contributed by atoms with Gasteiger partial charge in [0.15, 0.2) is 0 Å². The van der Waals surface area contributed by atoms with Gasteiger partial charge in [-0.1, -0.05) is 0 Å². The van der Waals surface area contributed by atoms with E-state index in [1.807, 2.05) is 6.92 Å². The van der Waals surface area contributed by atoms with Crippen LogP contribution in [0.25, 0.3) is 0 Å². The molecule has 1 rings (SSSR count). The molecule has 1 amide bonds. The first-order chi connectivity index (χ1) is 6.74. The molecule has 0 aliphatic carbocycles. The molecule has 0 saturated carbocycles. The summed E-state index contributed by atoms with van der Waals surface area (Å²) in [5.41, 5.74) is 0. The van der Waals surface area contributed by atoms with Gasteiger partial charge in [-0.15, -0.1) is 0 Å². The van der Waals surface area contributed by atoms with Gasteiger partial charge in [-0.2, -0.15) is 0 Å². The minimum Gasteiger partial charge on any atom is -0.396 e. The summed E-state index contributed by atoms with van der Waals surface area (Å²) in [5.74, 6) is 0.478. The smallest absolute Gasteiger partial charge is 0.220 e. The fourth-order valence-electron chi connectivity index (χ4n) is 1.62. The first kappa shape index (κ1) is 11.5. The van der Waals surface area contributed by atoms with Gasteiger partial charge in [-0.3, -0.25) is 4.79 Å². The SMILES string of the molecule is CC1OCCC1CNC(=O)CCCO. The molecule has 0 spiro atoms. The molecule has 2 unspecified atom stereocenters. The average molecular weight is 201 g/mol. The van der Waals surface area contributed by atoms with E-state index in [1.165, 1.54) is 0 Å². The van der Waals surface area contributed by atoms with E-state index in [0.29, 0.717) is 25.3 Å². The van der Waals surface area contributed by atoms with Crippen molar-refractivity contribution in [1.82, 2.24) is 5.32 Å². The molecule has 2 atom stereocenters. The molecule has 1 aliphatic rings. The summed E-state index contributed by atoms with van der Waals surface area (Å²) in [4.78, 5) is 11.2. The zero-order valence-corrected chi connectivity index (χ0v) is 8.66. The Morgan fingerprint density at radius 1 is 1.64 bits per heavy atom. The van der Waals surface area contributed by atoms with E-state index in [9.17, 15) is 4.79 Å². The summed E-state index contributed by atoms with van der Waals surface area (Å²) in [6.07, 6.45) is 2.25. The minimum atomic E-state index is 0.0261.